The lowest BCUT2D eigenvalue weighted by Gasteiger charge is -2.16. The summed E-state index contributed by atoms with van der Waals surface area (Å²) < 4.78 is 5.73. The van der Waals surface area contributed by atoms with Crippen molar-refractivity contribution in [1.29, 1.82) is 0 Å². The molecule has 2 amide bonds. The first-order chi connectivity index (χ1) is 13.6. The van der Waals surface area contributed by atoms with Crippen molar-refractivity contribution in [3.8, 4) is 5.75 Å². The molecule has 7 heteroatoms. The molecule has 0 saturated carbocycles. The van der Waals surface area contributed by atoms with Crippen LogP contribution in [0.5, 0.6) is 5.75 Å². The zero-order valence-corrected chi connectivity index (χ0v) is 16.2. The Balaban J connectivity index is 1.56. The number of benzene rings is 2. The van der Waals surface area contributed by atoms with Crippen LogP contribution in [0, 0.1) is 0 Å². The first-order valence-corrected chi connectivity index (χ1v) is 9.79. The lowest BCUT2D eigenvalue weighted by atomic mass is 10.1. The van der Waals surface area contributed by atoms with Crippen molar-refractivity contribution in [2.75, 3.05) is 0 Å². The molecule has 144 valence electrons. The van der Waals surface area contributed by atoms with Crippen molar-refractivity contribution >= 4 is 23.2 Å². The summed E-state index contributed by atoms with van der Waals surface area (Å²) in [7, 11) is 0. The number of hydrogen-bond acceptors (Lipinski definition) is 5. The van der Waals surface area contributed by atoms with Gasteiger partial charge in [-0.1, -0.05) is 42.5 Å². The van der Waals surface area contributed by atoms with Crippen LogP contribution in [0.3, 0.4) is 0 Å². The van der Waals surface area contributed by atoms with Gasteiger partial charge in [0, 0.05) is 11.9 Å². The summed E-state index contributed by atoms with van der Waals surface area (Å²) in [5.41, 5.74) is 3.90. The van der Waals surface area contributed by atoms with Crippen molar-refractivity contribution in [1.82, 2.24) is 15.6 Å². The fourth-order valence-electron chi connectivity index (χ4n) is 2.52. The van der Waals surface area contributed by atoms with Crippen molar-refractivity contribution in [3.05, 3.63) is 82.3 Å². The van der Waals surface area contributed by atoms with Crippen LogP contribution in [-0.4, -0.2) is 22.8 Å². The third-order valence-electron chi connectivity index (χ3n) is 4.04. The molecule has 0 spiro atoms. The summed E-state index contributed by atoms with van der Waals surface area (Å²) in [5, 5.41) is 7.43. The molecular weight excluding hydrogens is 374 g/mol. The Morgan fingerprint density at radius 2 is 1.86 bits per heavy atom. The molecule has 6 nitrogen and oxygen atoms in total. The SMILES string of the molecule is CC(NC(=O)c1ccccc1OCc1cscn1)C(=O)NCc1ccccc1. The molecule has 1 unspecified atom stereocenters. The van der Waals surface area contributed by atoms with Crippen LogP contribution in [0.4, 0.5) is 0 Å². The number of hydrogen-bond donors (Lipinski definition) is 2. The van der Waals surface area contributed by atoms with Gasteiger partial charge >= 0.3 is 0 Å². The van der Waals surface area contributed by atoms with Gasteiger partial charge in [-0.3, -0.25) is 9.59 Å². The second kappa shape index (κ2) is 9.66. The number of nitrogens with zero attached hydrogens (tertiary/aromatic N) is 1. The maximum absolute atomic E-state index is 12.6. The standard InChI is InChI=1S/C21H21N3O3S/c1-15(20(25)22-11-16-7-3-2-4-8-16)24-21(26)18-9-5-6-10-19(18)27-12-17-13-28-14-23-17/h2-10,13-15H,11-12H2,1H3,(H,22,25)(H,24,26). The van der Waals surface area contributed by atoms with E-state index in [2.05, 4.69) is 15.6 Å². The minimum Gasteiger partial charge on any atom is -0.486 e. The van der Waals surface area contributed by atoms with Gasteiger partial charge in [0.2, 0.25) is 5.91 Å². The second-order valence-electron chi connectivity index (χ2n) is 6.16. The predicted molar refractivity (Wildman–Crippen MR) is 108 cm³/mol. The summed E-state index contributed by atoms with van der Waals surface area (Å²) in [6.45, 7) is 2.34. The smallest absolute Gasteiger partial charge is 0.255 e. The highest BCUT2D eigenvalue weighted by atomic mass is 32.1. The summed E-state index contributed by atoms with van der Waals surface area (Å²) in [4.78, 5) is 29.1. The van der Waals surface area contributed by atoms with Crippen molar-refractivity contribution in [2.45, 2.75) is 26.1 Å². The van der Waals surface area contributed by atoms with Gasteiger partial charge in [0.1, 0.15) is 18.4 Å². The first-order valence-electron chi connectivity index (χ1n) is 8.85. The summed E-state index contributed by atoms with van der Waals surface area (Å²) in [5.74, 6) is -0.167. The summed E-state index contributed by atoms with van der Waals surface area (Å²) >= 11 is 1.48. The fraction of sp³-hybridized carbons (Fsp3) is 0.190. The molecular formula is C21H21N3O3S. The molecule has 0 aliphatic rings. The number of amides is 2. The van der Waals surface area contributed by atoms with E-state index in [0.717, 1.165) is 11.3 Å². The minimum absolute atomic E-state index is 0.252. The average Bonchev–Trinajstić information content (AvgIpc) is 3.25. The maximum atomic E-state index is 12.6. The molecule has 0 bridgehead atoms. The Hall–Kier alpha value is -3.19. The molecule has 0 saturated heterocycles. The van der Waals surface area contributed by atoms with Gasteiger partial charge in [0.05, 0.1) is 16.8 Å². The molecule has 1 atom stereocenters. The molecule has 28 heavy (non-hydrogen) atoms. The fourth-order valence-corrected chi connectivity index (χ4v) is 3.06. The van der Waals surface area contributed by atoms with E-state index in [-0.39, 0.29) is 18.4 Å². The molecule has 0 radical (unpaired) electrons. The molecule has 0 aliphatic heterocycles. The highest BCUT2D eigenvalue weighted by molar-refractivity contribution is 7.07. The van der Waals surface area contributed by atoms with Crippen LogP contribution in [0.2, 0.25) is 0 Å². The van der Waals surface area contributed by atoms with E-state index < -0.39 is 6.04 Å². The van der Waals surface area contributed by atoms with Crippen LogP contribution in [0.1, 0.15) is 28.5 Å². The highest BCUT2D eigenvalue weighted by Gasteiger charge is 2.19. The van der Waals surface area contributed by atoms with E-state index >= 15 is 0 Å². The van der Waals surface area contributed by atoms with Gasteiger partial charge in [-0.15, -0.1) is 11.3 Å². The van der Waals surface area contributed by atoms with E-state index in [9.17, 15) is 9.59 Å². The quantitative estimate of drug-likeness (QED) is 0.614. The van der Waals surface area contributed by atoms with E-state index in [4.69, 9.17) is 4.74 Å². The molecule has 1 aromatic heterocycles. The van der Waals surface area contributed by atoms with Gasteiger partial charge in [0.15, 0.2) is 0 Å². The third-order valence-corrected chi connectivity index (χ3v) is 4.68. The molecule has 0 fully saturated rings. The van der Waals surface area contributed by atoms with Crippen LogP contribution < -0.4 is 15.4 Å². The Bertz CT molecular complexity index is 914. The molecule has 3 rings (SSSR count). The topological polar surface area (TPSA) is 80.3 Å². The Kier molecular flexibility index (Phi) is 6.75. The van der Waals surface area contributed by atoms with Gasteiger partial charge in [0.25, 0.3) is 5.91 Å². The highest BCUT2D eigenvalue weighted by Crippen LogP contribution is 2.19. The number of para-hydroxylation sites is 1. The van der Waals surface area contributed by atoms with Crippen LogP contribution in [-0.2, 0) is 17.9 Å². The molecule has 2 aromatic carbocycles. The lowest BCUT2D eigenvalue weighted by Crippen LogP contribution is -2.44. The van der Waals surface area contributed by atoms with Crippen molar-refractivity contribution in [2.24, 2.45) is 0 Å². The third kappa shape index (κ3) is 5.40. The number of aromatic nitrogens is 1. The molecule has 2 N–H and O–H groups in total. The van der Waals surface area contributed by atoms with E-state index in [1.807, 2.05) is 35.7 Å². The van der Waals surface area contributed by atoms with Gasteiger partial charge in [-0.2, -0.15) is 0 Å². The monoisotopic (exact) mass is 395 g/mol. The summed E-state index contributed by atoms with van der Waals surface area (Å²) in [6, 6.07) is 15.9. The zero-order chi connectivity index (χ0) is 19.8. The zero-order valence-electron chi connectivity index (χ0n) is 15.4. The average molecular weight is 395 g/mol. The molecule has 0 aliphatic carbocycles. The Morgan fingerprint density at radius 3 is 2.61 bits per heavy atom. The van der Waals surface area contributed by atoms with Crippen molar-refractivity contribution < 1.29 is 14.3 Å². The maximum Gasteiger partial charge on any atom is 0.255 e. The van der Waals surface area contributed by atoms with E-state index in [1.165, 1.54) is 11.3 Å². The second-order valence-corrected chi connectivity index (χ2v) is 6.88. The van der Waals surface area contributed by atoms with Gasteiger partial charge in [-0.25, -0.2) is 4.98 Å². The van der Waals surface area contributed by atoms with Crippen LogP contribution >= 0.6 is 11.3 Å². The first kappa shape index (κ1) is 19.6. The predicted octanol–water partition coefficient (Wildman–Crippen LogP) is 3.16. The lowest BCUT2D eigenvalue weighted by molar-refractivity contribution is -0.122. The van der Waals surface area contributed by atoms with Gasteiger partial charge < -0.3 is 15.4 Å². The van der Waals surface area contributed by atoms with E-state index in [1.54, 1.807) is 36.7 Å². The minimum atomic E-state index is -0.678. The number of carbonyl (C=O) groups is 2. The Labute approximate surface area is 167 Å². The Morgan fingerprint density at radius 1 is 1.11 bits per heavy atom. The normalized spacial score (nSPS) is 11.5. The number of rotatable bonds is 8. The van der Waals surface area contributed by atoms with E-state index in [0.29, 0.717) is 17.9 Å². The number of nitrogens with one attached hydrogen (secondary N) is 2. The number of ether oxygens (including phenoxy) is 1. The number of carbonyl (C=O) groups excluding carboxylic acids is 2. The van der Waals surface area contributed by atoms with Crippen LogP contribution in [0.25, 0.3) is 0 Å². The van der Waals surface area contributed by atoms with Crippen molar-refractivity contribution in [3.63, 3.8) is 0 Å². The summed E-state index contributed by atoms with van der Waals surface area (Å²) in [6.07, 6.45) is 0. The largest absolute Gasteiger partial charge is 0.486 e. The molecule has 3 aromatic rings. The number of thiazole rings is 1. The molecule has 1 heterocycles. The van der Waals surface area contributed by atoms with Gasteiger partial charge in [-0.05, 0) is 24.6 Å². The van der Waals surface area contributed by atoms with Crippen LogP contribution in [0.15, 0.2) is 65.5 Å².